The zero-order valence-corrected chi connectivity index (χ0v) is 21.0. The van der Waals surface area contributed by atoms with Crippen LogP contribution in [0.1, 0.15) is 12.5 Å². The predicted molar refractivity (Wildman–Crippen MR) is 133 cm³/mol. The highest BCUT2D eigenvalue weighted by Gasteiger charge is 2.30. The fraction of sp³-hybridized carbons (Fsp3) is 0.261. The number of hydrogen-bond acceptors (Lipinski definition) is 7. The summed E-state index contributed by atoms with van der Waals surface area (Å²) in [5.41, 5.74) is 0.190. The quantitative estimate of drug-likeness (QED) is 0.177. The van der Waals surface area contributed by atoms with Crippen LogP contribution in [0.5, 0.6) is 0 Å². The Kier molecular flexibility index (Phi) is 8.76. The van der Waals surface area contributed by atoms with Gasteiger partial charge in [-0.05, 0) is 36.8 Å². The van der Waals surface area contributed by atoms with Crippen molar-refractivity contribution in [1.82, 2.24) is 9.80 Å². The second kappa shape index (κ2) is 11.6. The molecule has 12 heteroatoms. The smallest absolute Gasteiger partial charge is 0.397 e. The zero-order valence-electron chi connectivity index (χ0n) is 18.7. The van der Waals surface area contributed by atoms with Gasteiger partial charge in [-0.1, -0.05) is 47.6 Å². The van der Waals surface area contributed by atoms with Gasteiger partial charge in [0.2, 0.25) is 0 Å². The molecule has 2 aromatic rings. The number of nitrogens with zero attached hydrogens (tertiary/aromatic N) is 3. The van der Waals surface area contributed by atoms with Crippen LogP contribution < -0.4 is 0 Å². The zero-order chi connectivity index (χ0) is 25.7. The van der Waals surface area contributed by atoms with Crippen molar-refractivity contribution in [1.29, 1.82) is 0 Å². The van der Waals surface area contributed by atoms with Gasteiger partial charge >= 0.3 is 11.9 Å². The van der Waals surface area contributed by atoms with E-state index >= 15 is 0 Å². The molecule has 3 rings (SSSR count). The third kappa shape index (κ3) is 6.33. The molecule has 184 valence electrons. The minimum absolute atomic E-state index is 0.0827. The molecule has 1 saturated heterocycles. The number of ether oxygens (including phenoxy) is 1. The maximum absolute atomic E-state index is 13.0. The number of carbonyl (C=O) groups excluding carboxylic acids is 3. The number of halogens is 2. The third-order valence-corrected chi connectivity index (χ3v) is 6.98. The number of esters is 1. The maximum Gasteiger partial charge on any atom is 0.397 e. The van der Waals surface area contributed by atoms with Crippen LogP contribution in [0.4, 0.5) is 5.69 Å². The number of nitro groups is 1. The predicted octanol–water partition coefficient (Wildman–Crippen LogP) is 4.30. The van der Waals surface area contributed by atoms with E-state index in [0.717, 1.165) is 11.8 Å². The lowest BCUT2D eigenvalue weighted by Crippen LogP contribution is -2.52. The lowest BCUT2D eigenvalue weighted by atomic mass is 10.1. The number of piperazine rings is 1. The fourth-order valence-electron chi connectivity index (χ4n) is 3.36. The molecule has 35 heavy (non-hydrogen) atoms. The normalized spacial score (nSPS) is 13.3. The van der Waals surface area contributed by atoms with E-state index in [0.29, 0.717) is 25.4 Å². The van der Waals surface area contributed by atoms with Gasteiger partial charge in [0.25, 0.3) is 11.6 Å². The summed E-state index contributed by atoms with van der Waals surface area (Å²) in [6.45, 7) is 6.24. The second-order valence-electron chi connectivity index (χ2n) is 7.40. The molecule has 2 amide bonds. The minimum Gasteiger partial charge on any atom is -0.459 e. The summed E-state index contributed by atoms with van der Waals surface area (Å²) in [4.78, 5) is 51.6. The molecular formula is C23H21Cl2N3O6S. The van der Waals surface area contributed by atoms with Crippen LogP contribution in [-0.4, -0.2) is 65.3 Å². The lowest BCUT2D eigenvalue weighted by Gasteiger charge is -2.34. The molecule has 0 aromatic heterocycles. The van der Waals surface area contributed by atoms with E-state index in [1.807, 2.05) is 0 Å². The minimum atomic E-state index is -0.929. The average molecular weight is 538 g/mol. The summed E-state index contributed by atoms with van der Waals surface area (Å²) in [6.07, 6.45) is 0. The van der Waals surface area contributed by atoms with E-state index in [-0.39, 0.29) is 44.0 Å². The molecule has 0 saturated carbocycles. The van der Waals surface area contributed by atoms with Crippen LogP contribution in [0, 0.1) is 10.1 Å². The van der Waals surface area contributed by atoms with Crippen LogP contribution in [-0.2, 0) is 19.1 Å². The highest BCUT2D eigenvalue weighted by molar-refractivity contribution is 7.99. The van der Waals surface area contributed by atoms with Crippen LogP contribution >= 0.6 is 35.0 Å². The highest BCUT2D eigenvalue weighted by atomic mass is 35.5. The summed E-state index contributed by atoms with van der Waals surface area (Å²) < 4.78 is 4.72. The van der Waals surface area contributed by atoms with Crippen molar-refractivity contribution in [2.75, 3.05) is 32.8 Å². The van der Waals surface area contributed by atoms with Gasteiger partial charge in [0, 0.05) is 47.7 Å². The number of benzene rings is 2. The number of nitro benzene ring substituents is 1. The molecule has 2 aromatic carbocycles. The molecule has 1 fully saturated rings. The Morgan fingerprint density at radius 3 is 2.20 bits per heavy atom. The molecule has 1 aliphatic heterocycles. The molecular weight excluding hydrogens is 517 g/mol. The highest BCUT2D eigenvalue weighted by Crippen LogP contribution is 2.40. The van der Waals surface area contributed by atoms with E-state index in [4.69, 9.17) is 27.9 Å². The van der Waals surface area contributed by atoms with E-state index in [9.17, 15) is 24.5 Å². The SMILES string of the molecule is C=C(C(=O)N1CCN(C(=O)C(=O)OCC)CC1)c1ccc(Sc2ccc(Cl)cc2Cl)c([N+](=O)[O-])c1. The third-order valence-electron chi connectivity index (χ3n) is 5.18. The van der Waals surface area contributed by atoms with E-state index < -0.39 is 22.7 Å². The first kappa shape index (κ1) is 26.5. The molecule has 0 radical (unpaired) electrons. The number of hydrogen-bond donors (Lipinski definition) is 0. The van der Waals surface area contributed by atoms with Crippen molar-refractivity contribution in [3.8, 4) is 0 Å². The Morgan fingerprint density at radius 2 is 1.63 bits per heavy atom. The van der Waals surface area contributed by atoms with Gasteiger partial charge in [-0.15, -0.1) is 0 Å². The van der Waals surface area contributed by atoms with E-state index in [1.165, 1.54) is 21.9 Å². The summed E-state index contributed by atoms with van der Waals surface area (Å²) in [7, 11) is 0. The molecule has 0 spiro atoms. The first-order valence-corrected chi connectivity index (χ1v) is 12.1. The Bertz CT molecular complexity index is 1200. The molecule has 0 aliphatic carbocycles. The summed E-state index contributed by atoms with van der Waals surface area (Å²) >= 11 is 13.2. The Morgan fingerprint density at radius 1 is 1.03 bits per heavy atom. The molecule has 1 heterocycles. The molecule has 1 aliphatic rings. The van der Waals surface area contributed by atoms with Crippen molar-refractivity contribution in [2.45, 2.75) is 16.7 Å². The second-order valence-corrected chi connectivity index (χ2v) is 9.33. The summed E-state index contributed by atoms with van der Waals surface area (Å²) in [5, 5.41) is 12.5. The number of amides is 2. The molecule has 0 N–H and O–H groups in total. The standard InChI is InChI=1S/C23H21Cl2N3O6S/c1-3-34-23(31)22(30)27-10-8-26(9-11-27)21(29)14(2)15-4-6-20(18(12-15)28(32)33)35-19-7-5-16(24)13-17(19)25/h4-7,12-13H,2-3,8-11H2,1H3. The van der Waals surface area contributed by atoms with E-state index in [1.54, 1.807) is 31.2 Å². The van der Waals surface area contributed by atoms with Crippen LogP contribution in [0.25, 0.3) is 5.57 Å². The van der Waals surface area contributed by atoms with Gasteiger partial charge in [-0.2, -0.15) is 0 Å². The Hall–Kier alpha value is -3.08. The monoisotopic (exact) mass is 537 g/mol. The number of rotatable bonds is 6. The first-order chi connectivity index (χ1) is 16.6. The molecule has 0 bridgehead atoms. The first-order valence-electron chi connectivity index (χ1n) is 10.5. The summed E-state index contributed by atoms with van der Waals surface area (Å²) in [6, 6.07) is 9.27. The maximum atomic E-state index is 13.0. The van der Waals surface area contributed by atoms with Gasteiger partial charge in [0.15, 0.2) is 0 Å². The van der Waals surface area contributed by atoms with E-state index in [2.05, 4.69) is 6.58 Å². The van der Waals surface area contributed by atoms with Gasteiger partial charge in [-0.25, -0.2) is 4.79 Å². The van der Waals surface area contributed by atoms with Crippen LogP contribution in [0.3, 0.4) is 0 Å². The van der Waals surface area contributed by atoms with Gasteiger partial charge in [0.1, 0.15) is 0 Å². The Balaban J connectivity index is 1.72. The average Bonchev–Trinajstić information content (AvgIpc) is 2.84. The van der Waals surface area contributed by atoms with Crippen molar-refractivity contribution >= 4 is 64.0 Å². The topological polar surface area (TPSA) is 110 Å². The van der Waals surface area contributed by atoms with Crippen molar-refractivity contribution in [2.24, 2.45) is 0 Å². The largest absolute Gasteiger partial charge is 0.459 e. The molecule has 0 unspecified atom stereocenters. The molecule has 0 atom stereocenters. The Labute approximate surface area is 215 Å². The van der Waals surface area contributed by atoms with Crippen molar-refractivity contribution < 1.29 is 24.0 Å². The van der Waals surface area contributed by atoms with Crippen LogP contribution in [0.2, 0.25) is 10.0 Å². The van der Waals surface area contributed by atoms with Crippen LogP contribution in [0.15, 0.2) is 52.8 Å². The lowest BCUT2D eigenvalue weighted by molar-refractivity contribution is -0.387. The number of carbonyl (C=O) groups is 3. The van der Waals surface area contributed by atoms with Gasteiger partial charge in [-0.3, -0.25) is 19.7 Å². The summed E-state index contributed by atoms with van der Waals surface area (Å²) in [5.74, 6) is -2.09. The van der Waals surface area contributed by atoms with Gasteiger partial charge < -0.3 is 14.5 Å². The molecule has 9 nitrogen and oxygen atoms in total. The van der Waals surface area contributed by atoms with Crippen molar-refractivity contribution in [3.05, 3.63) is 68.7 Å². The van der Waals surface area contributed by atoms with Gasteiger partial charge in [0.05, 0.1) is 21.4 Å². The van der Waals surface area contributed by atoms with Crippen molar-refractivity contribution in [3.63, 3.8) is 0 Å². The fourth-order valence-corrected chi connectivity index (χ4v) is 4.79.